The average molecular weight is 539 g/mol. The summed E-state index contributed by atoms with van der Waals surface area (Å²) < 4.78 is 1.60. The summed E-state index contributed by atoms with van der Waals surface area (Å²) >= 11 is 8.27. The summed E-state index contributed by atoms with van der Waals surface area (Å²) in [6.45, 7) is 0. The fraction of sp³-hybridized carbons (Fsp3) is 0.421. The molecule has 0 aliphatic carbocycles. The van der Waals surface area contributed by atoms with E-state index in [1.54, 1.807) is 17.9 Å². The minimum absolute atomic E-state index is 0.00999. The number of carbonyl (C=O) groups is 3. The van der Waals surface area contributed by atoms with Gasteiger partial charge in [-0.15, -0.1) is 28.6 Å². The van der Waals surface area contributed by atoms with E-state index in [1.165, 1.54) is 34.6 Å². The maximum Gasteiger partial charge on any atom is 0.352 e. The molecule has 0 bridgehead atoms. The van der Waals surface area contributed by atoms with E-state index in [-0.39, 0.29) is 29.8 Å². The number of nitrogens with two attached hydrogens (primary N) is 1. The lowest BCUT2D eigenvalue weighted by Gasteiger charge is -2.49. The lowest BCUT2D eigenvalue weighted by atomic mass is 10.0. The van der Waals surface area contributed by atoms with Gasteiger partial charge in [-0.25, -0.2) is 14.5 Å². The number of carboxylic acid groups (broad SMARTS) is 2. The minimum Gasteiger partial charge on any atom is -0.480 e. The Morgan fingerprint density at radius 3 is 2.86 bits per heavy atom. The third-order valence-corrected chi connectivity index (χ3v) is 8.16. The lowest BCUT2D eigenvalue weighted by molar-refractivity contribution is -0.148. The third kappa shape index (κ3) is 5.34. The molecule has 4 heterocycles. The molecule has 1 unspecified atom stereocenters. The van der Waals surface area contributed by atoms with Crippen LogP contribution < -0.4 is 11.1 Å². The number of fused-ring (bicyclic) bond motifs is 1. The number of aliphatic carboxylic acids is 2. The van der Waals surface area contributed by atoms with Gasteiger partial charge in [-0.1, -0.05) is 17.4 Å². The summed E-state index contributed by atoms with van der Waals surface area (Å²) in [5.74, 6) is -1.25. The molecule has 3 atom stereocenters. The summed E-state index contributed by atoms with van der Waals surface area (Å²) in [5.41, 5.74) is 6.77. The van der Waals surface area contributed by atoms with Crippen LogP contribution in [0.4, 0.5) is 0 Å². The number of imidazole rings is 1. The van der Waals surface area contributed by atoms with E-state index >= 15 is 0 Å². The zero-order valence-electron chi connectivity index (χ0n) is 18.4. The van der Waals surface area contributed by atoms with Gasteiger partial charge < -0.3 is 26.2 Å². The van der Waals surface area contributed by atoms with Crippen LogP contribution in [0.2, 0.25) is 0 Å². The molecule has 1 saturated heterocycles. The molecule has 2 aliphatic heterocycles. The molecule has 2 aliphatic rings. The van der Waals surface area contributed by atoms with Gasteiger partial charge in [-0.05, 0) is 5.57 Å². The van der Waals surface area contributed by atoms with Crippen molar-refractivity contribution in [3.8, 4) is 0 Å². The molecule has 186 valence electrons. The van der Waals surface area contributed by atoms with Crippen LogP contribution in [0.1, 0.15) is 11.5 Å². The van der Waals surface area contributed by atoms with Gasteiger partial charge in [0, 0.05) is 36.9 Å². The highest BCUT2D eigenvalue weighted by molar-refractivity contribution is 8.01. The van der Waals surface area contributed by atoms with E-state index in [0.29, 0.717) is 33.6 Å². The molecule has 35 heavy (non-hydrogen) atoms. The normalized spacial score (nSPS) is 20.3. The molecular weight excluding hydrogens is 516 g/mol. The highest BCUT2D eigenvalue weighted by Crippen LogP contribution is 2.41. The van der Waals surface area contributed by atoms with E-state index in [9.17, 15) is 19.5 Å². The summed E-state index contributed by atoms with van der Waals surface area (Å²) in [4.78, 5) is 44.7. The Morgan fingerprint density at radius 2 is 2.20 bits per heavy atom. The number of aromatic amines is 1. The second-order valence-corrected chi connectivity index (χ2v) is 10.5. The van der Waals surface area contributed by atoms with Crippen molar-refractivity contribution in [3.05, 3.63) is 35.2 Å². The smallest absolute Gasteiger partial charge is 0.352 e. The summed E-state index contributed by atoms with van der Waals surface area (Å²) in [5, 5.41) is 29.8. The number of thiocarbonyl (C=S) groups is 1. The van der Waals surface area contributed by atoms with Crippen molar-refractivity contribution < 1.29 is 24.6 Å². The average Bonchev–Trinajstić information content (AvgIpc) is 3.43. The number of rotatable bonds is 10. The standard InChI is InChI=1S/C19H22N8O5S3/c1-26-13(5-22-25-26)34-6-8-7-35-17-14(16(28)27(17)15(8)19(31)32)24-12(33)3-11-21-4-9(23-11)2-10(20)18(29)30/h4-5,10,14,17H,2-3,6-7,20H2,1H3,(H,21,23)(H,24,33)(H,29,30)(H,31,32)/t10?,14-,17+/m1/s1. The topological polar surface area (TPSA) is 192 Å². The van der Waals surface area contributed by atoms with E-state index < -0.39 is 24.0 Å². The van der Waals surface area contributed by atoms with Crippen molar-refractivity contribution in [2.24, 2.45) is 12.8 Å². The highest BCUT2D eigenvalue weighted by Gasteiger charge is 2.53. The largest absolute Gasteiger partial charge is 0.480 e. The first-order valence-electron chi connectivity index (χ1n) is 10.3. The second kappa shape index (κ2) is 10.3. The summed E-state index contributed by atoms with van der Waals surface area (Å²) in [6.07, 6.45) is 3.40. The van der Waals surface area contributed by atoms with Crippen molar-refractivity contribution >= 4 is 58.6 Å². The molecule has 6 N–H and O–H groups in total. The van der Waals surface area contributed by atoms with E-state index in [1.807, 2.05) is 0 Å². The van der Waals surface area contributed by atoms with Gasteiger partial charge in [0.25, 0.3) is 5.91 Å². The number of amides is 1. The number of carbonyl (C=O) groups excluding carboxylic acids is 1. The van der Waals surface area contributed by atoms with Crippen LogP contribution in [0, 0.1) is 0 Å². The van der Waals surface area contributed by atoms with Gasteiger partial charge in [-0.3, -0.25) is 14.5 Å². The predicted octanol–water partition coefficient (Wildman–Crippen LogP) is -0.633. The van der Waals surface area contributed by atoms with Gasteiger partial charge in [0.05, 0.1) is 17.6 Å². The van der Waals surface area contributed by atoms with Gasteiger partial charge in [0.15, 0.2) is 0 Å². The number of H-pyrrole nitrogens is 1. The van der Waals surface area contributed by atoms with Gasteiger partial charge in [0.2, 0.25) is 0 Å². The Labute approximate surface area is 212 Å². The SMILES string of the molecule is Cn1nncc1SCC1=C(C(=O)O)N2C(=O)[C@@H](NC(=S)Cc3ncc(CC(N)C(=O)O)[nH]3)[C@@H]2SC1. The van der Waals surface area contributed by atoms with E-state index in [2.05, 4.69) is 25.6 Å². The molecule has 1 fully saturated rings. The molecule has 0 saturated carbocycles. The number of aromatic nitrogens is 5. The first kappa shape index (κ1) is 25.2. The van der Waals surface area contributed by atoms with Crippen LogP contribution in [0.5, 0.6) is 0 Å². The number of hydrogen-bond acceptors (Lipinski definition) is 10. The highest BCUT2D eigenvalue weighted by atomic mass is 32.2. The number of aryl methyl sites for hydroxylation is 1. The zero-order chi connectivity index (χ0) is 25.3. The number of hydrogen-bond donors (Lipinski definition) is 5. The number of carboxylic acids is 2. The molecule has 0 aromatic carbocycles. The number of β-lactam (4-membered cyclic amide) rings is 1. The van der Waals surface area contributed by atoms with Crippen LogP contribution >= 0.6 is 35.7 Å². The van der Waals surface area contributed by atoms with Crippen LogP contribution in [0.3, 0.4) is 0 Å². The molecule has 16 heteroatoms. The molecule has 0 spiro atoms. The van der Waals surface area contributed by atoms with Crippen LogP contribution in [-0.4, -0.2) is 91.9 Å². The number of nitrogens with zero attached hydrogens (tertiary/aromatic N) is 5. The van der Waals surface area contributed by atoms with Gasteiger partial charge >= 0.3 is 11.9 Å². The molecular formula is C19H22N8O5S3. The fourth-order valence-electron chi connectivity index (χ4n) is 3.67. The molecule has 0 radical (unpaired) electrons. The molecule has 1 amide bonds. The number of thioether (sulfide) groups is 2. The van der Waals surface area contributed by atoms with Crippen molar-refractivity contribution in [2.45, 2.75) is 35.3 Å². The molecule has 13 nitrogen and oxygen atoms in total. The lowest BCUT2D eigenvalue weighted by Crippen LogP contribution is -2.70. The third-order valence-electron chi connectivity index (χ3n) is 5.40. The predicted molar refractivity (Wildman–Crippen MR) is 131 cm³/mol. The Balaban J connectivity index is 1.37. The van der Waals surface area contributed by atoms with Crippen molar-refractivity contribution in [1.82, 2.24) is 35.2 Å². The zero-order valence-corrected chi connectivity index (χ0v) is 20.8. The quantitative estimate of drug-likeness (QED) is 0.146. The maximum absolute atomic E-state index is 12.9. The van der Waals surface area contributed by atoms with Gasteiger partial charge in [-0.2, -0.15) is 0 Å². The minimum atomic E-state index is -1.15. The summed E-state index contributed by atoms with van der Waals surface area (Å²) in [7, 11) is 1.75. The molecule has 2 aromatic heterocycles. The van der Waals surface area contributed by atoms with Gasteiger partial charge in [0.1, 0.15) is 34.0 Å². The van der Waals surface area contributed by atoms with Crippen molar-refractivity contribution in [2.75, 3.05) is 11.5 Å². The summed E-state index contributed by atoms with van der Waals surface area (Å²) in [6, 6.07) is -1.69. The van der Waals surface area contributed by atoms with E-state index in [0.717, 1.165) is 5.03 Å². The first-order valence-corrected chi connectivity index (χ1v) is 12.8. The fourth-order valence-corrected chi connectivity index (χ4v) is 6.31. The van der Waals surface area contributed by atoms with Crippen LogP contribution in [0.25, 0.3) is 0 Å². The Kier molecular flexibility index (Phi) is 7.44. The first-order chi connectivity index (χ1) is 16.7. The number of nitrogens with one attached hydrogen (secondary N) is 2. The molecule has 2 aromatic rings. The monoisotopic (exact) mass is 538 g/mol. The van der Waals surface area contributed by atoms with E-state index in [4.69, 9.17) is 23.1 Å². The Hall–Kier alpha value is -2.95. The van der Waals surface area contributed by atoms with Crippen LogP contribution in [0.15, 0.2) is 28.7 Å². The second-order valence-electron chi connectivity index (χ2n) is 7.88. The molecule has 4 rings (SSSR count). The Bertz CT molecular complexity index is 1210. The van der Waals surface area contributed by atoms with Crippen molar-refractivity contribution in [3.63, 3.8) is 0 Å². The van der Waals surface area contributed by atoms with Crippen LogP contribution in [-0.2, 0) is 34.3 Å². The maximum atomic E-state index is 12.9. The van der Waals surface area contributed by atoms with Crippen molar-refractivity contribution in [1.29, 1.82) is 0 Å². The Morgan fingerprint density at radius 1 is 1.43 bits per heavy atom.